The van der Waals surface area contributed by atoms with Gasteiger partial charge in [0, 0.05) is 20.7 Å². The highest BCUT2D eigenvalue weighted by Crippen LogP contribution is 1.88. The first-order valence-electron chi connectivity index (χ1n) is 4.18. The summed E-state index contributed by atoms with van der Waals surface area (Å²) in [5.74, 6) is 0. The molecule has 11 heavy (non-hydrogen) atoms. The van der Waals surface area contributed by atoms with Gasteiger partial charge < -0.3 is 9.64 Å². The normalized spacial score (nSPS) is 10.8. The van der Waals surface area contributed by atoms with Gasteiger partial charge in [0.25, 0.3) is 0 Å². The third kappa shape index (κ3) is 9.50. The Bertz CT molecular complexity index is 99.7. The van der Waals surface area contributed by atoms with E-state index in [4.69, 9.17) is 4.74 Å². The van der Waals surface area contributed by atoms with Crippen LogP contribution in [0.1, 0.15) is 19.8 Å². The predicted molar refractivity (Wildman–Crippen MR) is 48.6 cm³/mol. The van der Waals surface area contributed by atoms with Gasteiger partial charge in [0.15, 0.2) is 0 Å². The highest BCUT2D eigenvalue weighted by molar-refractivity contribution is 4.78. The summed E-state index contributed by atoms with van der Waals surface area (Å²) in [6, 6.07) is 0. The van der Waals surface area contributed by atoms with E-state index >= 15 is 0 Å². The van der Waals surface area contributed by atoms with Crippen LogP contribution in [-0.2, 0) is 4.74 Å². The van der Waals surface area contributed by atoms with Crippen molar-refractivity contribution in [1.82, 2.24) is 4.90 Å². The third-order valence-corrected chi connectivity index (χ3v) is 1.26. The molecule has 0 aliphatic rings. The van der Waals surface area contributed by atoms with Gasteiger partial charge in [0.1, 0.15) is 0 Å². The summed E-state index contributed by atoms with van der Waals surface area (Å²) >= 11 is 0. The summed E-state index contributed by atoms with van der Waals surface area (Å²) in [4.78, 5) is 2.00. The molecule has 0 aromatic rings. The number of hydrogen-bond donors (Lipinski definition) is 0. The summed E-state index contributed by atoms with van der Waals surface area (Å²) < 4.78 is 5.31. The number of nitrogens with zero attached hydrogens (tertiary/aromatic N) is 1. The van der Waals surface area contributed by atoms with E-state index in [2.05, 4.69) is 6.92 Å². The molecule has 2 heteroatoms. The van der Waals surface area contributed by atoms with Gasteiger partial charge in [-0.3, -0.25) is 0 Å². The average Bonchev–Trinajstić information content (AvgIpc) is 1.96. The average molecular weight is 157 g/mol. The molecule has 0 radical (unpaired) electrons. The molecule has 2 nitrogen and oxygen atoms in total. The van der Waals surface area contributed by atoms with Crippen LogP contribution in [-0.4, -0.2) is 32.2 Å². The minimum absolute atomic E-state index is 0.734. The van der Waals surface area contributed by atoms with Crippen LogP contribution in [0.25, 0.3) is 0 Å². The zero-order valence-corrected chi connectivity index (χ0v) is 7.84. The summed E-state index contributed by atoms with van der Waals surface area (Å²) in [6.45, 7) is 3.78. The maximum atomic E-state index is 5.31. The monoisotopic (exact) mass is 157 g/mol. The summed E-state index contributed by atoms with van der Waals surface area (Å²) in [7, 11) is 4.01. The van der Waals surface area contributed by atoms with Crippen molar-refractivity contribution in [3.05, 3.63) is 12.3 Å². The van der Waals surface area contributed by atoms with E-state index in [0.29, 0.717) is 0 Å². The zero-order valence-electron chi connectivity index (χ0n) is 7.84. The molecule has 0 saturated carbocycles. The van der Waals surface area contributed by atoms with Crippen LogP contribution in [0.5, 0.6) is 0 Å². The first-order valence-corrected chi connectivity index (χ1v) is 4.18. The van der Waals surface area contributed by atoms with Crippen molar-refractivity contribution in [1.29, 1.82) is 0 Å². The van der Waals surface area contributed by atoms with Gasteiger partial charge in [-0.15, -0.1) is 0 Å². The number of unbranched alkanes of at least 4 members (excludes halogenated alkanes) is 1. The van der Waals surface area contributed by atoms with Crippen molar-refractivity contribution in [2.24, 2.45) is 0 Å². The fourth-order valence-corrected chi connectivity index (χ4v) is 0.652. The Balaban J connectivity index is 3.01. The Labute approximate surface area is 69.8 Å². The second kappa shape index (κ2) is 7.61. The third-order valence-electron chi connectivity index (χ3n) is 1.26. The fourth-order valence-electron chi connectivity index (χ4n) is 0.652. The standard InChI is InChI=1S/C9H19NO/c1-4-5-8-11-9-6-7-10(2)3/h6-7H,4-5,8-9H2,1-3H3. The minimum atomic E-state index is 0.734. The molecular weight excluding hydrogens is 138 g/mol. The highest BCUT2D eigenvalue weighted by atomic mass is 16.5. The molecule has 0 aromatic heterocycles. The molecule has 0 heterocycles. The van der Waals surface area contributed by atoms with Crippen molar-refractivity contribution in [2.45, 2.75) is 19.8 Å². The lowest BCUT2D eigenvalue weighted by Crippen LogP contribution is -2.01. The van der Waals surface area contributed by atoms with E-state index in [0.717, 1.165) is 19.6 Å². The Morgan fingerprint density at radius 1 is 1.36 bits per heavy atom. The van der Waals surface area contributed by atoms with Crippen molar-refractivity contribution in [2.75, 3.05) is 27.3 Å². The first kappa shape index (κ1) is 10.5. The second-order valence-electron chi connectivity index (χ2n) is 2.78. The van der Waals surface area contributed by atoms with Gasteiger partial charge in [-0.25, -0.2) is 0 Å². The molecule has 0 aromatic carbocycles. The van der Waals surface area contributed by atoms with E-state index in [1.165, 1.54) is 6.42 Å². The number of ether oxygens (including phenoxy) is 1. The lowest BCUT2D eigenvalue weighted by atomic mass is 10.4. The predicted octanol–water partition coefficient (Wildman–Crippen LogP) is 1.88. The van der Waals surface area contributed by atoms with Crippen LogP contribution in [0.4, 0.5) is 0 Å². The Hall–Kier alpha value is -0.500. The zero-order chi connectivity index (χ0) is 8.53. The minimum Gasteiger partial charge on any atom is -0.384 e. The Morgan fingerprint density at radius 3 is 2.64 bits per heavy atom. The molecule has 0 spiro atoms. The molecule has 66 valence electrons. The van der Waals surface area contributed by atoms with Crippen LogP contribution in [0.3, 0.4) is 0 Å². The summed E-state index contributed by atoms with van der Waals surface area (Å²) in [5, 5.41) is 0. The van der Waals surface area contributed by atoms with Crippen LogP contribution in [0.15, 0.2) is 12.3 Å². The van der Waals surface area contributed by atoms with Gasteiger partial charge in [-0.1, -0.05) is 13.3 Å². The molecule has 0 rings (SSSR count). The molecule has 0 aliphatic carbocycles. The summed E-state index contributed by atoms with van der Waals surface area (Å²) in [6.07, 6.45) is 6.40. The maximum absolute atomic E-state index is 5.31. The van der Waals surface area contributed by atoms with Crippen molar-refractivity contribution in [3.63, 3.8) is 0 Å². The van der Waals surface area contributed by atoms with Crippen molar-refractivity contribution < 1.29 is 4.74 Å². The van der Waals surface area contributed by atoms with E-state index in [9.17, 15) is 0 Å². The largest absolute Gasteiger partial charge is 0.384 e. The first-order chi connectivity index (χ1) is 5.27. The van der Waals surface area contributed by atoms with E-state index < -0.39 is 0 Å². The van der Waals surface area contributed by atoms with Gasteiger partial charge in [-0.05, 0) is 18.7 Å². The van der Waals surface area contributed by atoms with E-state index in [-0.39, 0.29) is 0 Å². The van der Waals surface area contributed by atoms with Crippen molar-refractivity contribution in [3.8, 4) is 0 Å². The Morgan fingerprint density at radius 2 is 2.09 bits per heavy atom. The fraction of sp³-hybridized carbons (Fsp3) is 0.778. The molecule has 0 N–H and O–H groups in total. The van der Waals surface area contributed by atoms with Crippen LogP contribution in [0.2, 0.25) is 0 Å². The number of hydrogen-bond acceptors (Lipinski definition) is 2. The Kier molecular flexibility index (Phi) is 7.26. The second-order valence-corrected chi connectivity index (χ2v) is 2.78. The van der Waals surface area contributed by atoms with Gasteiger partial charge in [0.05, 0.1) is 6.61 Å². The molecule has 0 bridgehead atoms. The van der Waals surface area contributed by atoms with Gasteiger partial charge in [0.2, 0.25) is 0 Å². The molecule has 0 fully saturated rings. The molecule has 0 amide bonds. The van der Waals surface area contributed by atoms with E-state index in [1.807, 2.05) is 31.3 Å². The molecule has 0 unspecified atom stereocenters. The van der Waals surface area contributed by atoms with Gasteiger partial charge in [-0.2, -0.15) is 0 Å². The smallest absolute Gasteiger partial charge is 0.0664 e. The summed E-state index contributed by atoms with van der Waals surface area (Å²) in [5.41, 5.74) is 0. The quantitative estimate of drug-likeness (QED) is 0.546. The maximum Gasteiger partial charge on any atom is 0.0664 e. The highest BCUT2D eigenvalue weighted by Gasteiger charge is 1.82. The van der Waals surface area contributed by atoms with Crippen LogP contribution >= 0.6 is 0 Å². The molecule has 0 aliphatic heterocycles. The SMILES string of the molecule is CCCCOCC=CN(C)C. The van der Waals surface area contributed by atoms with Gasteiger partial charge >= 0.3 is 0 Å². The lowest BCUT2D eigenvalue weighted by molar-refractivity contribution is 0.158. The van der Waals surface area contributed by atoms with Crippen molar-refractivity contribution >= 4 is 0 Å². The number of rotatable bonds is 6. The molecule has 0 atom stereocenters. The molecular formula is C9H19NO. The molecule has 0 saturated heterocycles. The van der Waals surface area contributed by atoms with Crippen LogP contribution < -0.4 is 0 Å². The van der Waals surface area contributed by atoms with E-state index in [1.54, 1.807) is 0 Å². The van der Waals surface area contributed by atoms with Crippen LogP contribution in [0, 0.1) is 0 Å². The lowest BCUT2D eigenvalue weighted by Gasteiger charge is -2.03. The topological polar surface area (TPSA) is 12.5 Å².